The first kappa shape index (κ1) is 31.4. The van der Waals surface area contributed by atoms with E-state index in [2.05, 4.69) is 35.2 Å². The van der Waals surface area contributed by atoms with Gasteiger partial charge < -0.3 is 9.64 Å². The predicted molar refractivity (Wildman–Crippen MR) is 174 cm³/mol. The fourth-order valence-electron chi connectivity index (χ4n) is 6.10. The zero-order chi connectivity index (χ0) is 28.7. The molecule has 0 N–H and O–H groups in total. The third-order valence-electron chi connectivity index (χ3n) is 8.54. The fraction of sp³-hybridized carbons (Fsp3) is 0.278. The Hall–Kier alpha value is -3.56. The van der Waals surface area contributed by atoms with Gasteiger partial charge >= 0.3 is 5.97 Å². The van der Waals surface area contributed by atoms with E-state index in [1.165, 1.54) is 0 Å². The molecule has 0 bridgehead atoms. The van der Waals surface area contributed by atoms with Gasteiger partial charge in [0.1, 0.15) is 11.2 Å². The third kappa shape index (κ3) is 6.27. The smallest absolute Gasteiger partial charge is 0.322 e. The van der Waals surface area contributed by atoms with Crippen molar-refractivity contribution in [1.82, 2.24) is 4.90 Å². The molecule has 6 heteroatoms. The number of piperidine rings is 1. The molecule has 1 heterocycles. The zero-order valence-corrected chi connectivity index (χ0v) is 25.8. The first-order valence-electron chi connectivity index (χ1n) is 14.2. The fourth-order valence-corrected chi connectivity index (χ4v) is 6.80. The van der Waals surface area contributed by atoms with Crippen molar-refractivity contribution in [2.24, 2.45) is 0 Å². The van der Waals surface area contributed by atoms with Gasteiger partial charge in [-0.25, -0.2) is 0 Å². The number of carbonyl (C=O) groups excluding carboxylic acids is 1. The number of likely N-dealkylation sites (tertiary alicyclic amines) is 1. The van der Waals surface area contributed by atoms with E-state index < -0.39 is 10.8 Å². The van der Waals surface area contributed by atoms with Crippen LogP contribution in [0.15, 0.2) is 114 Å². The van der Waals surface area contributed by atoms with Crippen LogP contribution in [-0.4, -0.2) is 36.8 Å². The van der Waals surface area contributed by atoms with Crippen LogP contribution in [0.2, 0.25) is 0 Å². The molecular formula is C36H37ClN2O2S. The summed E-state index contributed by atoms with van der Waals surface area (Å²) >= 11 is 1.60. The van der Waals surface area contributed by atoms with Crippen molar-refractivity contribution in [3.05, 3.63) is 131 Å². The quantitative estimate of drug-likeness (QED) is 0.111. The molecule has 0 aromatic heterocycles. The van der Waals surface area contributed by atoms with Gasteiger partial charge in [-0.2, -0.15) is 5.26 Å². The molecule has 0 atom stereocenters. The number of hydrogen-bond donors (Lipinski definition) is 0. The van der Waals surface area contributed by atoms with Crippen LogP contribution in [0.1, 0.15) is 41.5 Å². The molecule has 0 aliphatic carbocycles. The lowest BCUT2D eigenvalue weighted by molar-refractivity contribution is -0.143. The second-order valence-electron chi connectivity index (χ2n) is 10.8. The summed E-state index contributed by atoms with van der Waals surface area (Å²) in [5, 5.41) is 10.6. The average molecular weight is 597 g/mol. The van der Waals surface area contributed by atoms with Crippen LogP contribution >= 0.6 is 24.2 Å². The highest BCUT2D eigenvalue weighted by Crippen LogP contribution is 2.40. The Morgan fingerprint density at radius 1 is 0.881 bits per heavy atom. The molecule has 1 aliphatic heterocycles. The zero-order valence-electron chi connectivity index (χ0n) is 24.2. The molecule has 0 unspecified atom stereocenters. The molecule has 216 valence electrons. The number of benzene rings is 4. The molecular weight excluding hydrogens is 560 g/mol. The van der Waals surface area contributed by atoms with Gasteiger partial charge in [0.05, 0.1) is 16.4 Å². The monoisotopic (exact) mass is 596 g/mol. The normalized spacial score (nSPS) is 14.8. The summed E-state index contributed by atoms with van der Waals surface area (Å²) in [6, 6.07) is 38.8. The van der Waals surface area contributed by atoms with E-state index in [0.29, 0.717) is 25.0 Å². The highest BCUT2D eigenvalue weighted by Gasteiger charge is 2.45. The van der Waals surface area contributed by atoms with E-state index in [4.69, 9.17) is 4.74 Å². The third-order valence-corrected chi connectivity index (χ3v) is 9.47. The molecule has 1 saturated heterocycles. The van der Waals surface area contributed by atoms with E-state index in [0.717, 1.165) is 46.8 Å². The summed E-state index contributed by atoms with van der Waals surface area (Å²) in [6.45, 7) is 4.29. The first-order valence-corrected chi connectivity index (χ1v) is 15.4. The molecule has 5 rings (SSSR count). The van der Waals surface area contributed by atoms with E-state index in [-0.39, 0.29) is 18.4 Å². The molecule has 0 saturated carbocycles. The van der Waals surface area contributed by atoms with Gasteiger partial charge in [0.2, 0.25) is 0 Å². The Balaban J connectivity index is 0.00000405. The first-order chi connectivity index (χ1) is 20.0. The van der Waals surface area contributed by atoms with Crippen molar-refractivity contribution >= 4 is 30.1 Å². The minimum absolute atomic E-state index is 0. The number of thioether (sulfide) groups is 1. The van der Waals surface area contributed by atoms with Crippen molar-refractivity contribution in [1.29, 1.82) is 5.26 Å². The number of ether oxygens (including phenoxy) is 1. The maximum Gasteiger partial charge on any atom is 0.322 e. The lowest BCUT2D eigenvalue weighted by atomic mass is 9.71. The molecule has 42 heavy (non-hydrogen) atoms. The van der Waals surface area contributed by atoms with Crippen LogP contribution in [0.3, 0.4) is 0 Å². The van der Waals surface area contributed by atoms with E-state index in [9.17, 15) is 10.1 Å². The number of aryl methyl sites for hydroxylation is 1. The molecule has 4 aromatic carbocycles. The summed E-state index contributed by atoms with van der Waals surface area (Å²) in [7, 11) is 0. The van der Waals surface area contributed by atoms with Crippen molar-refractivity contribution in [3.8, 4) is 11.8 Å². The highest BCUT2D eigenvalue weighted by molar-refractivity contribution is 7.98. The summed E-state index contributed by atoms with van der Waals surface area (Å²) in [5.74, 6) is 0.439. The summed E-state index contributed by atoms with van der Waals surface area (Å²) < 4.78 is 6.18. The Labute approximate surface area is 260 Å². The van der Waals surface area contributed by atoms with Crippen LogP contribution in [-0.2, 0) is 15.6 Å². The maximum absolute atomic E-state index is 14.0. The number of esters is 1. The lowest BCUT2D eigenvalue weighted by Gasteiger charge is -2.41. The van der Waals surface area contributed by atoms with Gasteiger partial charge in [-0.3, -0.25) is 4.79 Å². The van der Waals surface area contributed by atoms with Crippen LogP contribution in [0.4, 0.5) is 0 Å². The molecule has 1 fully saturated rings. The standard InChI is InChI=1S/C36H36N2O2S.ClH/c1-28-13-12-20-32(33(28)41-2)40-34(39)35(29-14-6-3-7-15-29)21-24-38(25-22-35)26-23-36(27-37,30-16-8-4-9-17-30)31-18-10-5-11-19-31;/h3-20H,21-26H2,1-2H3;1H. The van der Waals surface area contributed by atoms with Crippen LogP contribution in [0, 0.1) is 18.3 Å². The number of halogens is 1. The lowest BCUT2D eigenvalue weighted by Crippen LogP contribution is -2.49. The predicted octanol–water partition coefficient (Wildman–Crippen LogP) is 7.98. The summed E-state index contributed by atoms with van der Waals surface area (Å²) in [5.41, 5.74) is 2.66. The molecule has 0 amide bonds. The molecule has 4 aromatic rings. The number of carbonyl (C=O) groups is 1. The van der Waals surface area contributed by atoms with Gasteiger partial charge in [-0.1, -0.05) is 103 Å². The number of nitrogens with zero attached hydrogens (tertiary/aromatic N) is 2. The van der Waals surface area contributed by atoms with Crippen molar-refractivity contribution in [2.75, 3.05) is 25.9 Å². The Bertz CT molecular complexity index is 1460. The summed E-state index contributed by atoms with van der Waals surface area (Å²) in [6.07, 6.45) is 4.00. The number of nitriles is 1. The SMILES string of the molecule is CSc1c(C)cccc1OC(=O)C1(c2ccccc2)CCN(CCC(C#N)(c2ccccc2)c2ccccc2)CC1.Cl. The van der Waals surface area contributed by atoms with Crippen molar-refractivity contribution < 1.29 is 9.53 Å². The number of hydrogen-bond acceptors (Lipinski definition) is 5. The van der Waals surface area contributed by atoms with Gasteiger partial charge in [-0.05, 0) is 73.9 Å². The van der Waals surface area contributed by atoms with Crippen LogP contribution in [0.5, 0.6) is 5.75 Å². The minimum Gasteiger partial charge on any atom is -0.425 e. The second kappa shape index (κ2) is 14.1. The van der Waals surface area contributed by atoms with E-state index >= 15 is 0 Å². The highest BCUT2D eigenvalue weighted by atomic mass is 35.5. The molecule has 0 radical (unpaired) electrons. The largest absolute Gasteiger partial charge is 0.425 e. The van der Waals surface area contributed by atoms with Gasteiger partial charge in [0.25, 0.3) is 0 Å². The van der Waals surface area contributed by atoms with Gasteiger partial charge in [0, 0.05) is 6.54 Å². The maximum atomic E-state index is 14.0. The average Bonchev–Trinajstić information content (AvgIpc) is 3.03. The van der Waals surface area contributed by atoms with Gasteiger partial charge in [-0.15, -0.1) is 24.2 Å². The van der Waals surface area contributed by atoms with E-state index in [1.54, 1.807) is 11.8 Å². The van der Waals surface area contributed by atoms with Crippen LogP contribution in [0.25, 0.3) is 0 Å². The van der Waals surface area contributed by atoms with E-state index in [1.807, 2.05) is 98.1 Å². The minimum atomic E-state index is -0.741. The Kier molecular flexibility index (Phi) is 10.5. The second-order valence-corrected chi connectivity index (χ2v) is 11.6. The van der Waals surface area contributed by atoms with Crippen molar-refractivity contribution in [2.45, 2.75) is 41.9 Å². The Morgan fingerprint density at radius 3 is 1.95 bits per heavy atom. The Morgan fingerprint density at radius 2 is 1.43 bits per heavy atom. The van der Waals surface area contributed by atoms with Crippen LogP contribution < -0.4 is 4.74 Å². The number of rotatable bonds is 9. The summed E-state index contributed by atoms with van der Waals surface area (Å²) in [4.78, 5) is 17.4. The molecule has 0 spiro atoms. The molecule has 4 nitrogen and oxygen atoms in total. The topological polar surface area (TPSA) is 53.3 Å². The molecule has 1 aliphatic rings. The van der Waals surface area contributed by atoms with Crippen molar-refractivity contribution in [3.63, 3.8) is 0 Å². The van der Waals surface area contributed by atoms with Gasteiger partial charge in [0.15, 0.2) is 0 Å².